The topological polar surface area (TPSA) is 63.1 Å². The number of amides is 1. The Balaban J connectivity index is 2.07. The van der Waals surface area contributed by atoms with E-state index in [0.717, 1.165) is 19.5 Å². The van der Waals surface area contributed by atoms with Crippen molar-refractivity contribution in [1.82, 2.24) is 9.88 Å². The van der Waals surface area contributed by atoms with Crippen LogP contribution in [0.3, 0.4) is 0 Å². The molecule has 1 saturated heterocycles. The van der Waals surface area contributed by atoms with Crippen molar-refractivity contribution < 1.29 is 4.79 Å². The van der Waals surface area contributed by atoms with Gasteiger partial charge in [0.1, 0.15) is 0 Å². The van der Waals surface area contributed by atoms with Crippen molar-refractivity contribution >= 4 is 11.6 Å². The first kappa shape index (κ1) is 11.9. The SMILES string of the molecule is CCn1cc(NC(=O)C2CCNC2)ccc1=O. The highest BCUT2D eigenvalue weighted by Crippen LogP contribution is 2.11. The lowest BCUT2D eigenvalue weighted by atomic mass is 10.1. The molecule has 1 atom stereocenters. The van der Waals surface area contributed by atoms with Crippen LogP contribution in [-0.4, -0.2) is 23.6 Å². The van der Waals surface area contributed by atoms with Gasteiger partial charge in [0.2, 0.25) is 5.91 Å². The van der Waals surface area contributed by atoms with Crippen LogP contribution < -0.4 is 16.2 Å². The monoisotopic (exact) mass is 235 g/mol. The van der Waals surface area contributed by atoms with Crippen molar-refractivity contribution in [3.8, 4) is 0 Å². The summed E-state index contributed by atoms with van der Waals surface area (Å²) in [6.07, 6.45) is 2.56. The lowest BCUT2D eigenvalue weighted by molar-refractivity contribution is -0.119. The van der Waals surface area contributed by atoms with Crippen LogP contribution >= 0.6 is 0 Å². The number of rotatable bonds is 3. The molecule has 0 spiro atoms. The third-order valence-electron chi connectivity index (χ3n) is 3.02. The summed E-state index contributed by atoms with van der Waals surface area (Å²) in [6.45, 7) is 4.13. The Morgan fingerprint density at radius 3 is 3.06 bits per heavy atom. The Kier molecular flexibility index (Phi) is 3.58. The van der Waals surface area contributed by atoms with Crippen LogP contribution in [-0.2, 0) is 11.3 Å². The summed E-state index contributed by atoms with van der Waals surface area (Å²) in [5.74, 6) is 0.0632. The van der Waals surface area contributed by atoms with Gasteiger partial charge in [-0.15, -0.1) is 0 Å². The lowest BCUT2D eigenvalue weighted by Crippen LogP contribution is -2.26. The summed E-state index contributed by atoms with van der Waals surface area (Å²) >= 11 is 0. The van der Waals surface area contributed by atoms with Gasteiger partial charge in [0, 0.05) is 25.4 Å². The molecule has 5 heteroatoms. The largest absolute Gasteiger partial charge is 0.325 e. The highest BCUT2D eigenvalue weighted by atomic mass is 16.2. The van der Waals surface area contributed by atoms with Gasteiger partial charge in [0.05, 0.1) is 11.6 Å². The van der Waals surface area contributed by atoms with E-state index in [1.54, 1.807) is 16.8 Å². The third kappa shape index (κ3) is 2.74. The van der Waals surface area contributed by atoms with Crippen LogP contribution in [0.1, 0.15) is 13.3 Å². The number of nitrogens with one attached hydrogen (secondary N) is 2. The Morgan fingerprint density at radius 2 is 2.41 bits per heavy atom. The molecule has 2 heterocycles. The van der Waals surface area contributed by atoms with Gasteiger partial charge >= 0.3 is 0 Å². The van der Waals surface area contributed by atoms with E-state index in [1.165, 1.54) is 6.07 Å². The van der Waals surface area contributed by atoms with E-state index in [4.69, 9.17) is 0 Å². The van der Waals surface area contributed by atoms with E-state index < -0.39 is 0 Å². The van der Waals surface area contributed by atoms with Gasteiger partial charge in [0.15, 0.2) is 0 Å². The number of aromatic nitrogens is 1. The molecular weight excluding hydrogens is 218 g/mol. The maximum Gasteiger partial charge on any atom is 0.250 e. The summed E-state index contributed by atoms with van der Waals surface area (Å²) in [7, 11) is 0. The first-order valence-corrected chi connectivity index (χ1v) is 5.93. The van der Waals surface area contributed by atoms with E-state index in [-0.39, 0.29) is 17.4 Å². The molecule has 2 rings (SSSR count). The van der Waals surface area contributed by atoms with E-state index in [2.05, 4.69) is 10.6 Å². The van der Waals surface area contributed by atoms with E-state index in [9.17, 15) is 9.59 Å². The zero-order valence-corrected chi connectivity index (χ0v) is 9.90. The first-order chi connectivity index (χ1) is 8.20. The third-order valence-corrected chi connectivity index (χ3v) is 3.02. The van der Waals surface area contributed by atoms with Gasteiger partial charge in [-0.1, -0.05) is 0 Å². The van der Waals surface area contributed by atoms with Crippen LogP contribution in [0.4, 0.5) is 5.69 Å². The molecule has 0 aliphatic carbocycles. The standard InChI is InChI=1S/C12H17N3O2/c1-2-15-8-10(3-4-11(15)16)14-12(17)9-5-6-13-7-9/h3-4,8-9,13H,2,5-7H2,1H3,(H,14,17). The van der Waals surface area contributed by atoms with Gasteiger partial charge in [-0.05, 0) is 26.0 Å². The quantitative estimate of drug-likeness (QED) is 0.798. The smallest absolute Gasteiger partial charge is 0.250 e. The second-order valence-corrected chi connectivity index (χ2v) is 4.22. The molecule has 17 heavy (non-hydrogen) atoms. The van der Waals surface area contributed by atoms with Gasteiger partial charge in [0.25, 0.3) is 5.56 Å². The number of anilines is 1. The van der Waals surface area contributed by atoms with Crippen LogP contribution in [0.5, 0.6) is 0 Å². The maximum absolute atomic E-state index is 11.9. The van der Waals surface area contributed by atoms with E-state index in [0.29, 0.717) is 12.2 Å². The fourth-order valence-electron chi connectivity index (χ4n) is 1.98. The minimum atomic E-state index is -0.0481. The molecule has 1 aliphatic heterocycles. The van der Waals surface area contributed by atoms with Crippen molar-refractivity contribution in [2.24, 2.45) is 5.92 Å². The van der Waals surface area contributed by atoms with Crippen molar-refractivity contribution in [3.63, 3.8) is 0 Å². The average Bonchev–Trinajstić information content (AvgIpc) is 2.85. The summed E-state index contributed by atoms with van der Waals surface area (Å²) in [5, 5.41) is 6.00. The molecule has 2 N–H and O–H groups in total. The summed E-state index contributed by atoms with van der Waals surface area (Å²) in [4.78, 5) is 23.2. The number of carbonyl (C=O) groups is 1. The molecule has 1 aromatic heterocycles. The minimum absolute atomic E-state index is 0.0244. The second-order valence-electron chi connectivity index (χ2n) is 4.22. The van der Waals surface area contributed by atoms with E-state index in [1.807, 2.05) is 6.92 Å². The Hall–Kier alpha value is -1.62. The molecule has 0 bridgehead atoms. The molecule has 0 aromatic carbocycles. The molecule has 0 saturated carbocycles. The number of hydrogen-bond acceptors (Lipinski definition) is 3. The van der Waals surface area contributed by atoms with Gasteiger partial charge in [-0.2, -0.15) is 0 Å². The van der Waals surface area contributed by atoms with Crippen molar-refractivity contribution in [1.29, 1.82) is 0 Å². The highest BCUT2D eigenvalue weighted by Gasteiger charge is 2.22. The molecule has 92 valence electrons. The zero-order chi connectivity index (χ0) is 12.3. The zero-order valence-electron chi connectivity index (χ0n) is 9.90. The molecule has 1 amide bonds. The second kappa shape index (κ2) is 5.14. The predicted molar refractivity (Wildman–Crippen MR) is 66.0 cm³/mol. The van der Waals surface area contributed by atoms with Crippen LogP contribution in [0.15, 0.2) is 23.1 Å². The lowest BCUT2D eigenvalue weighted by Gasteiger charge is -2.11. The number of hydrogen-bond donors (Lipinski definition) is 2. The summed E-state index contributed by atoms with van der Waals surface area (Å²) in [5.41, 5.74) is 0.636. The van der Waals surface area contributed by atoms with Crippen molar-refractivity contribution in [2.45, 2.75) is 19.9 Å². The normalized spacial score (nSPS) is 19.2. The molecule has 0 radical (unpaired) electrons. The first-order valence-electron chi connectivity index (χ1n) is 5.93. The van der Waals surface area contributed by atoms with Crippen LogP contribution in [0.25, 0.3) is 0 Å². The van der Waals surface area contributed by atoms with Gasteiger partial charge in [-0.25, -0.2) is 0 Å². The average molecular weight is 235 g/mol. The molecule has 5 nitrogen and oxygen atoms in total. The fraction of sp³-hybridized carbons (Fsp3) is 0.500. The van der Waals surface area contributed by atoms with Crippen LogP contribution in [0, 0.1) is 5.92 Å². The van der Waals surface area contributed by atoms with Crippen molar-refractivity contribution in [3.05, 3.63) is 28.7 Å². The van der Waals surface area contributed by atoms with Gasteiger partial charge < -0.3 is 15.2 Å². The highest BCUT2D eigenvalue weighted by molar-refractivity contribution is 5.92. The number of aryl methyl sites for hydroxylation is 1. The summed E-state index contributed by atoms with van der Waals surface area (Å²) < 4.78 is 1.57. The number of pyridine rings is 1. The molecule has 1 aliphatic rings. The minimum Gasteiger partial charge on any atom is -0.325 e. The summed E-state index contributed by atoms with van der Waals surface area (Å²) in [6, 6.07) is 3.13. The molecule has 1 unspecified atom stereocenters. The predicted octanol–water partition coefficient (Wildman–Crippen LogP) is 0.416. The molecule has 1 fully saturated rings. The maximum atomic E-state index is 11.9. The molecule has 1 aromatic rings. The Bertz CT molecular complexity index is 461. The fourth-order valence-corrected chi connectivity index (χ4v) is 1.98. The Labute approximate surface area is 99.8 Å². The van der Waals surface area contributed by atoms with Crippen molar-refractivity contribution in [2.75, 3.05) is 18.4 Å². The Morgan fingerprint density at radius 1 is 1.59 bits per heavy atom. The van der Waals surface area contributed by atoms with Crippen LogP contribution in [0.2, 0.25) is 0 Å². The molecular formula is C12H17N3O2. The van der Waals surface area contributed by atoms with Gasteiger partial charge in [-0.3, -0.25) is 9.59 Å². The van der Waals surface area contributed by atoms with E-state index >= 15 is 0 Å². The number of nitrogens with zero attached hydrogens (tertiary/aromatic N) is 1. The number of carbonyl (C=O) groups excluding carboxylic acids is 1.